The number of nitrogens with one attached hydrogen (secondary N) is 6. The molecule has 4 aromatic rings. The summed E-state index contributed by atoms with van der Waals surface area (Å²) in [7, 11) is 3.46. The van der Waals surface area contributed by atoms with Crippen LogP contribution < -0.4 is 36.6 Å². The van der Waals surface area contributed by atoms with Gasteiger partial charge < -0.3 is 70.0 Å². The van der Waals surface area contributed by atoms with Crippen LogP contribution in [-0.2, 0) is 67.6 Å². The van der Waals surface area contributed by atoms with Crippen molar-refractivity contribution in [1.82, 2.24) is 45.9 Å². The van der Waals surface area contributed by atoms with Gasteiger partial charge in [-0.05, 0) is 75.6 Å². The van der Waals surface area contributed by atoms with Crippen LogP contribution in [0.3, 0.4) is 0 Å². The maximum Gasteiger partial charge on any atom is 0.246 e. The van der Waals surface area contributed by atoms with E-state index in [1.54, 1.807) is 43.0 Å². The van der Waals surface area contributed by atoms with Gasteiger partial charge in [-0.3, -0.25) is 23.9 Å². The maximum atomic E-state index is 15.3. The van der Waals surface area contributed by atoms with E-state index in [0.717, 1.165) is 69.1 Å². The summed E-state index contributed by atoms with van der Waals surface area (Å²) < 4.78 is 70.1. The highest BCUT2D eigenvalue weighted by Gasteiger charge is 2.45. The first-order valence-electron chi connectivity index (χ1n) is 27.9. The first-order valence-corrected chi connectivity index (χ1v) is 28.3. The first kappa shape index (κ1) is 62.5. The Bertz CT molecular complexity index is 2640. The standard InChI is InChI=1S/C56H78ClF2N11O11/c1-37(60-2)53(72)67-51(39-11-5-4-6-12-39)55(74)70-35-42(30-47(70)54(73)66-46-15-9-13-38-10-7-8-14-44(38)46)64-49(71)36-80-25-24-78-21-20-76-17-16-75-18-19-77-22-23-79-26-27-81-48-29-41(58)28-40(50(48)59)31-61-52-45(57)33-62-56(68-52)65-43-32-63-69(3)34-43/h7-8,10,14,28-29,32-34,37,39,42,46-47,51,60H,4-6,9,11-13,15-27,30-31,35-36H2,1-3H3,(H,64,71)(H,66,73)(H,67,72)(H2,61,62,65,68)/t37-,42-,46+,47-,51-/m0/s1. The Hall–Kier alpha value is -6.12. The van der Waals surface area contributed by atoms with E-state index in [2.05, 4.69) is 53.0 Å². The summed E-state index contributed by atoms with van der Waals surface area (Å²) in [4.78, 5) is 65.2. The molecule has 2 aromatic heterocycles. The van der Waals surface area contributed by atoms with Crippen LogP contribution in [0.15, 0.2) is 55.0 Å². The van der Waals surface area contributed by atoms with Gasteiger partial charge >= 0.3 is 0 Å². The molecule has 4 amide bonds. The number of nitrogens with zero attached hydrogens (tertiary/aromatic N) is 5. The number of carbonyl (C=O) groups is 4. The summed E-state index contributed by atoms with van der Waals surface area (Å²) in [6.07, 6.45) is 12.2. The van der Waals surface area contributed by atoms with E-state index in [-0.39, 0.29) is 123 Å². The minimum atomic E-state index is -0.842. The van der Waals surface area contributed by atoms with Crippen molar-refractivity contribution in [3.63, 3.8) is 0 Å². The molecule has 7 rings (SSSR count). The van der Waals surface area contributed by atoms with E-state index >= 15 is 4.39 Å². The Balaban J connectivity index is 0.709. The Labute approximate surface area is 476 Å². The molecule has 5 atom stereocenters. The molecule has 81 heavy (non-hydrogen) atoms. The minimum Gasteiger partial charge on any atom is -0.488 e. The predicted octanol–water partition coefficient (Wildman–Crippen LogP) is 4.93. The Morgan fingerprint density at radius 2 is 1.48 bits per heavy atom. The molecule has 1 saturated carbocycles. The number of likely N-dealkylation sites (N-methyl/N-ethyl adjacent to an activating group) is 1. The number of benzene rings is 2. The molecule has 0 unspecified atom stereocenters. The fourth-order valence-corrected chi connectivity index (χ4v) is 10.1. The molecule has 444 valence electrons. The molecule has 1 saturated heterocycles. The van der Waals surface area contributed by atoms with E-state index in [9.17, 15) is 23.6 Å². The van der Waals surface area contributed by atoms with Crippen molar-refractivity contribution < 1.29 is 61.1 Å². The van der Waals surface area contributed by atoms with E-state index < -0.39 is 35.8 Å². The van der Waals surface area contributed by atoms with E-state index in [1.807, 2.05) is 18.2 Å². The van der Waals surface area contributed by atoms with Crippen LogP contribution in [-0.4, -0.2) is 172 Å². The molecule has 3 aliphatic rings. The highest BCUT2D eigenvalue weighted by Crippen LogP contribution is 2.33. The number of amides is 4. The number of fused-ring (bicyclic) bond motifs is 1. The molecular weight excluding hydrogens is 1080 g/mol. The second kappa shape index (κ2) is 33.1. The van der Waals surface area contributed by atoms with Crippen molar-refractivity contribution in [2.24, 2.45) is 13.0 Å². The number of rotatable bonds is 34. The van der Waals surface area contributed by atoms with Crippen molar-refractivity contribution in [2.45, 2.75) is 101 Å². The third-order valence-electron chi connectivity index (χ3n) is 14.3. The summed E-state index contributed by atoms with van der Waals surface area (Å²) in [5, 5.41) is 22.4. The summed E-state index contributed by atoms with van der Waals surface area (Å²) in [6, 6.07) is 7.29. The number of likely N-dealkylation sites (tertiary alicyclic amines) is 1. The van der Waals surface area contributed by atoms with Crippen LogP contribution in [0.4, 0.5) is 26.2 Å². The molecular formula is C56H78ClF2N11O11. The van der Waals surface area contributed by atoms with Crippen LogP contribution >= 0.6 is 11.6 Å². The second-order valence-electron chi connectivity index (χ2n) is 20.2. The third-order valence-corrected chi connectivity index (χ3v) is 14.5. The fraction of sp³-hybridized carbons (Fsp3) is 0.589. The monoisotopic (exact) mass is 1150 g/mol. The smallest absolute Gasteiger partial charge is 0.246 e. The zero-order chi connectivity index (χ0) is 57.3. The Morgan fingerprint density at radius 3 is 2.15 bits per heavy atom. The topological polar surface area (TPSA) is 252 Å². The first-order chi connectivity index (χ1) is 39.4. The van der Waals surface area contributed by atoms with Gasteiger partial charge in [-0.15, -0.1) is 0 Å². The molecule has 2 aliphatic carbocycles. The maximum absolute atomic E-state index is 15.3. The number of anilines is 3. The average molecular weight is 1150 g/mol. The summed E-state index contributed by atoms with van der Waals surface area (Å²) >= 11 is 6.25. The van der Waals surface area contributed by atoms with E-state index in [4.69, 9.17) is 44.8 Å². The van der Waals surface area contributed by atoms with Gasteiger partial charge in [0.1, 0.15) is 36.1 Å². The minimum absolute atomic E-state index is 0.00746. The molecule has 22 nitrogen and oxygen atoms in total. The lowest BCUT2D eigenvalue weighted by Gasteiger charge is -2.35. The van der Waals surface area contributed by atoms with Gasteiger partial charge in [0, 0.05) is 44.0 Å². The largest absolute Gasteiger partial charge is 0.488 e. The van der Waals surface area contributed by atoms with Gasteiger partial charge in [0.2, 0.25) is 29.6 Å². The van der Waals surface area contributed by atoms with Crippen LogP contribution in [0.1, 0.15) is 81.0 Å². The summed E-state index contributed by atoms with van der Waals surface area (Å²) in [5.74, 6) is -2.52. The molecule has 25 heteroatoms. The lowest BCUT2D eigenvalue weighted by atomic mass is 9.83. The summed E-state index contributed by atoms with van der Waals surface area (Å²) in [6.45, 7) is 4.57. The average Bonchev–Trinajstić information content (AvgIpc) is 4.31. The number of aromatic nitrogens is 4. The van der Waals surface area contributed by atoms with Gasteiger partial charge in [0.15, 0.2) is 17.4 Å². The second-order valence-corrected chi connectivity index (χ2v) is 20.6. The molecule has 6 N–H and O–H groups in total. The normalized spacial score (nSPS) is 18.0. The zero-order valence-electron chi connectivity index (χ0n) is 46.5. The van der Waals surface area contributed by atoms with Crippen molar-refractivity contribution >= 4 is 52.7 Å². The number of hydrogen-bond acceptors (Lipinski definition) is 17. The quantitative estimate of drug-likeness (QED) is 0.0339. The van der Waals surface area contributed by atoms with Crippen LogP contribution in [0, 0.1) is 17.6 Å². The number of ether oxygens (including phenoxy) is 7. The molecule has 0 radical (unpaired) electrons. The van der Waals surface area contributed by atoms with E-state index in [1.165, 1.54) is 11.8 Å². The summed E-state index contributed by atoms with van der Waals surface area (Å²) in [5.41, 5.74) is 2.95. The number of aryl methyl sites for hydroxylation is 2. The van der Waals surface area contributed by atoms with Crippen molar-refractivity contribution in [3.05, 3.63) is 88.3 Å². The lowest BCUT2D eigenvalue weighted by Crippen LogP contribution is -2.58. The number of halogens is 3. The molecule has 1 aliphatic heterocycles. The van der Waals surface area contributed by atoms with Crippen LogP contribution in [0.5, 0.6) is 5.75 Å². The van der Waals surface area contributed by atoms with E-state index in [0.29, 0.717) is 51.9 Å². The van der Waals surface area contributed by atoms with Crippen molar-refractivity contribution in [2.75, 3.05) is 110 Å². The molecule has 2 fully saturated rings. The zero-order valence-corrected chi connectivity index (χ0v) is 47.2. The van der Waals surface area contributed by atoms with Crippen molar-refractivity contribution in [3.8, 4) is 5.75 Å². The lowest BCUT2D eigenvalue weighted by molar-refractivity contribution is -0.143. The molecule has 0 bridgehead atoms. The van der Waals surface area contributed by atoms with Gasteiger partial charge in [-0.2, -0.15) is 10.1 Å². The molecule has 0 spiro atoms. The third kappa shape index (κ3) is 19.8. The molecule has 2 aromatic carbocycles. The fourth-order valence-electron chi connectivity index (χ4n) is 9.98. The Kier molecular flexibility index (Phi) is 25.5. The molecule has 3 heterocycles. The van der Waals surface area contributed by atoms with Crippen molar-refractivity contribution in [1.29, 1.82) is 0 Å². The van der Waals surface area contributed by atoms with Gasteiger partial charge in [-0.1, -0.05) is 55.1 Å². The van der Waals surface area contributed by atoms with Gasteiger partial charge in [0.25, 0.3) is 0 Å². The van der Waals surface area contributed by atoms with Gasteiger partial charge in [-0.25, -0.2) is 13.8 Å². The highest BCUT2D eigenvalue weighted by molar-refractivity contribution is 6.32. The van der Waals surface area contributed by atoms with Gasteiger partial charge in [0.05, 0.1) is 103 Å². The number of hydrogen-bond donors (Lipinski definition) is 6. The van der Waals surface area contributed by atoms with Crippen LogP contribution in [0.25, 0.3) is 0 Å². The highest BCUT2D eigenvalue weighted by atomic mass is 35.5. The van der Waals surface area contributed by atoms with Crippen LogP contribution in [0.2, 0.25) is 5.02 Å². The predicted molar refractivity (Wildman–Crippen MR) is 297 cm³/mol. The Morgan fingerprint density at radius 1 is 0.815 bits per heavy atom. The number of carbonyl (C=O) groups excluding carboxylic acids is 4. The SMILES string of the molecule is CN[C@@H](C)C(=O)N[C@H](C(=O)N1C[C@@H](NC(=O)COCCOCCOCCOCCOCCOCCOc2cc(F)cc(CNc3nc(Nc4cnn(C)c4)ncc3Cl)c2F)C[C@H]1C(=O)N[C@@H]1CCCc2ccccc21)C1CCCCC1.